The summed E-state index contributed by atoms with van der Waals surface area (Å²) in [4.78, 5) is 0. The lowest BCUT2D eigenvalue weighted by Crippen LogP contribution is -2.11. The maximum atomic E-state index is 14.0. The summed E-state index contributed by atoms with van der Waals surface area (Å²) in [6.07, 6.45) is 3.88. The average molecular weight is 367 g/mol. The van der Waals surface area contributed by atoms with Crippen molar-refractivity contribution in [2.24, 2.45) is 0 Å². The first-order valence-corrected chi connectivity index (χ1v) is 9.30. The van der Waals surface area contributed by atoms with Gasteiger partial charge in [-0.05, 0) is 58.0 Å². The molecule has 0 saturated heterocycles. The van der Waals surface area contributed by atoms with Gasteiger partial charge in [-0.2, -0.15) is 10.2 Å². The smallest absolute Gasteiger partial charge is 0.131 e. The van der Waals surface area contributed by atoms with Crippen molar-refractivity contribution in [2.45, 2.75) is 6.54 Å². The first-order chi connectivity index (χ1) is 13.8. The maximum absolute atomic E-state index is 14.0. The molecule has 3 nitrogen and oxygen atoms in total. The van der Waals surface area contributed by atoms with Gasteiger partial charge in [0.2, 0.25) is 0 Å². The molecule has 0 bridgehead atoms. The van der Waals surface area contributed by atoms with E-state index in [4.69, 9.17) is 0 Å². The van der Waals surface area contributed by atoms with Gasteiger partial charge in [-0.3, -0.25) is 0 Å². The molecule has 2 heterocycles. The second-order valence-corrected chi connectivity index (χ2v) is 6.91. The highest BCUT2D eigenvalue weighted by atomic mass is 19.1. The molecule has 1 aliphatic heterocycles. The molecule has 136 valence electrons. The van der Waals surface area contributed by atoms with E-state index in [1.165, 1.54) is 17.2 Å². The molecule has 4 aromatic rings. The van der Waals surface area contributed by atoms with E-state index in [-0.39, 0.29) is 5.82 Å². The van der Waals surface area contributed by atoms with Gasteiger partial charge in [-0.15, -0.1) is 0 Å². The Bertz CT molecular complexity index is 1200. The summed E-state index contributed by atoms with van der Waals surface area (Å²) in [6.45, 7) is 1.57. The molecular formula is C24H18FN3. The normalized spacial score (nSPS) is 13.7. The second-order valence-electron chi connectivity index (χ2n) is 6.91. The molecule has 3 aromatic carbocycles. The van der Waals surface area contributed by atoms with Crippen molar-refractivity contribution >= 4 is 16.3 Å². The van der Waals surface area contributed by atoms with Gasteiger partial charge in [0.15, 0.2) is 0 Å². The Morgan fingerprint density at radius 3 is 2.71 bits per heavy atom. The molecule has 0 saturated carbocycles. The summed E-state index contributed by atoms with van der Waals surface area (Å²) in [6, 6.07) is 21.4. The summed E-state index contributed by atoms with van der Waals surface area (Å²) in [5.41, 5.74) is 6.57. The summed E-state index contributed by atoms with van der Waals surface area (Å²) >= 11 is 0. The van der Waals surface area contributed by atoms with E-state index in [0.29, 0.717) is 5.39 Å². The maximum Gasteiger partial charge on any atom is 0.131 e. The minimum Gasteiger partial charge on any atom is -0.309 e. The van der Waals surface area contributed by atoms with Gasteiger partial charge in [0.05, 0.1) is 5.69 Å². The number of hydrogen-bond acceptors (Lipinski definition) is 3. The zero-order chi connectivity index (χ0) is 18.9. The predicted molar refractivity (Wildman–Crippen MR) is 110 cm³/mol. The molecule has 0 aliphatic carbocycles. The van der Waals surface area contributed by atoms with Gasteiger partial charge >= 0.3 is 0 Å². The highest BCUT2D eigenvalue weighted by Crippen LogP contribution is 2.32. The van der Waals surface area contributed by atoms with E-state index in [1.807, 2.05) is 30.3 Å². The van der Waals surface area contributed by atoms with Crippen LogP contribution in [0.15, 0.2) is 79.0 Å². The van der Waals surface area contributed by atoms with Gasteiger partial charge < -0.3 is 5.32 Å². The molecule has 28 heavy (non-hydrogen) atoms. The first kappa shape index (κ1) is 16.8. The molecule has 0 radical (unpaired) electrons. The standard InChI is InChI=1S/C24H18FN3/c25-23-4-1-3-16-13-17(6-9-22(16)23)21-10-12-26-15-19-14-18(7-8-20(19)21)24-5-2-11-27-28-24/h1-11,13-14,26H,12,15H2. The molecule has 1 aromatic heterocycles. The SMILES string of the molecule is Fc1cccc2cc(C3=CCNCc4cc(-c5cccnn5)ccc43)ccc12. The topological polar surface area (TPSA) is 37.8 Å². The molecule has 0 unspecified atom stereocenters. The lowest BCUT2D eigenvalue weighted by atomic mass is 9.91. The Kier molecular flexibility index (Phi) is 4.18. The minimum atomic E-state index is -0.186. The lowest BCUT2D eigenvalue weighted by Gasteiger charge is -2.14. The third-order valence-corrected chi connectivity index (χ3v) is 5.17. The molecule has 5 rings (SSSR count). The number of aromatic nitrogens is 2. The largest absolute Gasteiger partial charge is 0.309 e. The summed E-state index contributed by atoms with van der Waals surface area (Å²) in [5, 5.41) is 13.2. The number of nitrogens with zero attached hydrogens (tertiary/aromatic N) is 2. The molecule has 1 N–H and O–H groups in total. The summed E-state index contributed by atoms with van der Waals surface area (Å²) in [5.74, 6) is -0.186. The van der Waals surface area contributed by atoms with E-state index < -0.39 is 0 Å². The summed E-state index contributed by atoms with van der Waals surface area (Å²) in [7, 11) is 0. The van der Waals surface area contributed by atoms with Crippen LogP contribution >= 0.6 is 0 Å². The van der Waals surface area contributed by atoms with Crippen molar-refractivity contribution in [2.75, 3.05) is 6.54 Å². The zero-order valence-electron chi connectivity index (χ0n) is 15.2. The van der Waals surface area contributed by atoms with E-state index in [0.717, 1.165) is 40.9 Å². The average Bonchev–Trinajstić information content (AvgIpc) is 2.96. The quantitative estimate of drug-likeness (QED) is 0.543. The van der Waals surface area contributed by atoms with Crippen LogP contribution in [0, 0.1) is 5.82 Å². The van der Waals surface area contributed by atoms with Crippen LogP contribution in [0.3, 0.4) is 0 Å². The van der Waals surface area contributed by atoms with E-state index in [2.05, 4.69) is 45.9 Å². The Morgan fingerprint density at radius 2 is 1.82 bits per heavy atom. The Hall–Kier alpha value is -3.37. The predicted octanol–water partition coefficient (Wildman–Crippen LogP) is 4.97. The Labute approximate surface area is 162 Å². The number of halogens is 1. The first-order valence-electron chi connectivity index (χ1n) is 9.30. The number of fused-ring (bicyclic) bond motifs is 2. The fourth-order valence-electron chi connectivity index (χ4n) is 3.79. The van der Waals surface area contributed by atoms with Crippen molar-refractivity contribution in [3.05, 3.63) is 102 Å². The van der Waals surface area contributed by atoms with Crippen molar-refractivity contribution < 1.29 is 4.39 Å². The minimum absolute atomic E-state index is 0.186. The van der Waals surface area contributed by atoms with Crippen molar-refractivity contribution in [1.29, 1.82) is 0 Å². The van der Waals surface area contributed by atoms with E-state index >= 15 is 0 Å². The molecular weight excluding hydrogens is 349 g/mol. The number of hydrogen-bond donors (Lipinski definition) is 1. The fourth-order valence-corrected chi connectivity index (χ4v) is 3.79. The van der Waals surface area contributed by atoms with Crippen LogP contribution in [0.2, 0.25) is 0 Å². The molecule has 1 aliphatic rings. The monoisotopic (exact) mass is 367 g/mol. The number of nitrogens with one attached hydrogen (secondary N) is 1. The Balaban J connectivity index is 1.61. The molecule has 0 fully saturated rings. The Morgan fingerprint density at radius 1 is 0.893 bits per heavy atom. The van der Waals surface area contributed by atoms with Gasteiger partial charge in [0, 0.05) is 30.2 Å². The second kappa shape index (κ2) is 6.98. The molecule has 0 atom stereocenters. The number of benzene rings is 3. The third-order valence-electron chi connectivity index (χ3n) is 5.17. The van der Waals surface area contributed by atoms with Crippen LogP contribution in [0.1, 0.15) is 16.7 Å². The van der Waals surface area contributed by atoms with Crippen LogP contribution in [0.25, 0.3) is 27.6 Å². The third kappa shape index (κ3) is 2.98. The van der Waals surface area contributed by atoms with Crippen molar-refractivity contribution in [3.8, 4) is 11.3 Å². The summed E-state index contributed by atoms with van der Waals surface area (Å²) < 4.78 is 14.0. The van der Waals surface area contributed by atoms with Crippen molar-refractivity contribution in [3.63, 3.8) is 0 Å². The van der Waals surface area contributed by atoms with Gasteiger partial charge in [0.25, 0.3) is 0 Å². The van der Waals surface area contributed by atoms with Crippen LogP contribution in [-0.2, 0) is 6.54 Å². The van der Waals surface area contributed by atoms with Gasteiger partial charge in [-0.1, -0.05) is 42.5 Å². The highest BCUT2D eigenvalue weighted by molar-refractivity contribution is 5.91. The van der Waals surface area contributed by atoms with Crippen LogP contribution in [-0.4, -0.2) is 16.7 Å². The molecule has 0 amide bonds. The lowest BCUT2D eigenvalue weighted by molar-refractivity contribution is 0.640. The van der Waals surface area contributed by atoms with Gasteiger partial charge in [-0.25, -0.2) is 4.39 Å². The van der Waals surface area contributed by atoms with Crippen molar-refractivity contribution in [1.82, 2.24) is 15.5 Å². The number of rotatable bonds is 2. The van der Waals surface area contributed by atoms with Crippen LogP contribution in [0.5, 0.6) is 0 Å². The van der Waals surface area contributed by atoms with E-state index in [9.17, 15) is 4.39 Å². The van der Waals surface area contributed by atoms with Crippen LogP contribution < -0.4 is 5.32 Å². The highest BCUT2D eigenvalue weighted by Gasteiger charge is 2.15. The zero-order valence-corrected chi connectivity index (χ0v) is 15.2. The van der Waals surface area contributed by atoms with Crippen LogP contribution in [0.4, 0.5) is 4.39 Å². The fraction of sp³-hybridized carbons (Fsp3) is 0.0833. The molecule has 0 spiro atoms. The van der Waals surface area contributed by atoms with E-state index in [1.54, 1.807) is 12.3 Å². The van der Waals surface area contributed by atoms with Gasteiger partial charge in [0.1, 0.15) is 5.82 Å². The molecule has 4 heteroatoms.